The molecule has 0 aliphatic carbocycles. The zero-order chi connectivity index (χ0) is 21.3. The first-order valence-electron chi connectivity index (χ1n) is 9.21. The van der Waals surface area contributed by atoms with Gasteiger partial charge in [-0.05, 0) is 36.8 Å². The normalized spacial score (nSPS) is 12.0. The van der Waals surface area contributed by atoms with Crippen LogP contribution in [0, 0.1) is 10.1 Å². The summed E-state index contributed by atoms with van der Waals surface area (Å²) in [4.78, 5) is 12.1. The second-order valence-electron chi connectivity index (χ2n) is 6.65. The highest BCUT2D eigenvalue weighted by molar-refractivity contribution is 7.89. The number of fused-ring (bicyclic) bond motifs is 3. The maximum absolute atomic E-state index is 12.4. The zero-order valence-corrected chi connectivity index (χ0v) is 16.8. The number of benzene rings is 3. The Morgan fingerprint density at radius 1 is 1.03 bits per heavy atom. The van der Waals surface area contributed by atoms with Crippen molar-refractivity contribution in [1.29, 1.82) is 0 Å². The Kier molecular flexibility index (Phi) is 4.96. The van der Waals surface area contributed by atoms with Crippen LogP contribution in [0.25, 0.3) is 21.8 Å². The number of nitro groups is 1. The van der Waals surface area contributed by atoms with E-state index in [1.807, 2.05) is 30.3 Å². The number of aryl methyl sites for hydroxylation is 1. The van der Waals surface area contributed by atoms with E-state index in [1.165, 1.54) is 24.4 Å². The minimum Gasteiger partial charge on any atom is -0.341 e. The Bertz CT molecular complexity index is 1410. The van der Waals surface area contributed by atoms with Crippen LogP contribution in [-0.4, -0.2) is 24.1 Å². The summed E-state index contributed by atoms with van der Waals surface area (Å²) in [6.45, 7) is 2.92. The quantitative estimate of drug-likeness (QED) is 0.287. The number of sulfonamides is 1. The smallest absolute Gasteiger partial charge is 0.276 e. The Labute approximate surface area is 172 Å². The first-order valence-corrected chi connectivity index (χ1v) is 10.7. The summed E-state index contributed by atoms with van der Waals surface area (Å²) in [6, 6.07) is 18.7. The Morgan fingerprint density at radius 2 is 1.80 bits per heavy atom. The highest BCUT2D eigenvalue weighted by Gasteiger charge is 2.16. The molecule has 3 aromatic carbocycles. The number of non-ortho nitro benzene ring substituents is 1. The molecule has 1 aromatic heterocycles. The van der Waals surface area contributed by atoms with Gasteiger partial charge in [-0.1, -0.05) is 30.3 Å². The van der Waals surface area contributed by atoms with Crippen LogP contribution in [0.1, 0.15) is 12.5 Å². The second kappa shape index (κ2) is 7.60. The minimum atomic E-state index is -4.02. The highest BCUT2D eigenvalue weighted by atomic mass is 32.2. The summed E-state index contributed by atoms with van der Waals surface area (Å²) in [6.07, 6.45) is 1.41. The summed E-state index contributed by atoms with van der Waals surface area (Å²) in [5.41, 5.74) is 2.64. The lowest BCUT2D eigenvalue weighted by molar-refractivity contribution is -0.385. The lowest BCUT2D eigenvalue weighted by Gasteiger charge is -2.04. The maximum Gasteiger partial charge on any atom is 0.276 e. The van der Waals surface area contributed by atoms with Gasteiger partial charge in [-0.3, -0.25) is 10.1 Å². The molecule has 1 N–H and O–H groups in total. The third-order valence-corrected chi connectivity index (χ3v) is 6.06. The Hall–Kier alpha value is -3.72. The van der Waals surface area contributed by atoms with E-state index in [4.69, 9.17) is 0 Å². The summed E-state index contributed by atoms with van der Waals surface area (Å²) < 4.78 is 27.0. The van der Waals surface area contributed by atoms with Gasteiger partial charge < -0.3 is 4.57 Å². The predicted octanol–water partition coefficient (Wildman–Crippen LogP) is 4.04. The molecule has 0 aliphatic heterocycles. The van der Waals surface area contributed by atoms with Gasteiger partial charge in [-0.2, -0.15) is 13.5 Å². The van der Waals surface area contributed by atoms with Crippen LogP contribution in [0.15, 0.2) is 76.7 Å². The number of rotatable bonds is 6. The van der Waals surface area contributed by atoms with Gasteiger partial charge in [0.25, 0.3) is 15.7 Å². The number of nitrogens with one attached hydrogen (secondary N) is 1. The molecule has 8 nitrogen and oxygen atoms in total. The van der Waals surface area contributed by atoms with Crippen molar-refractivity contribution in [2.24, 2.45) is 5.10 Å². The van der Waals surface area contributed by atoms with Crippen molar-refractivity contribution >= 4 is 43.7 Å². The van der Waals surface area contributed by atoms with Crippen molar-refractivity contribution in [2.75, 3.05) is 0 Å². The van der Waals surface area contributed by atoms with Crippen LogP contribution in [0.5, 0.6) is 0 Å². The average Bonchev–Trinajstić information content (AvgIpc) is 3.07. The van der Waals surface area contributed by atoms with Crippen molar-refractivity contribution < 1.29 is 13.3 Å². The van der Waals surface area contributed by atoms with E-state index in [1.54, 1.807) is 0 Å². The molecule has 0 amide bonds. The first kappa shape index (κ1) is 19.6. The number of hydrogen-bond acceptors (Lipinski definition) is 5. The fourth-order valence-corrected chi connectivity index (χ4v) is 4.31. The van der Waals surface area contributed by atoms with Crippen molar-refractivity contribution in [3.05, 3.63) is 82.4 Å². The van der Waals surface area contributed by atoms with Crippen molar-refractivity contribution in [3.8, 4) is 0 Å². The van der Waals surface area contributed by atoms with Gasteiger partial charge >= 0.3 is 0 Å². The number of nitro benzene ring substituents is 1. The molecule has 0 saturated heterocycles. The molecule has 0 aliphatic rings. The Morgan fingerprint density at radius 3 is 2.57 bits per heavy atom. The molecule has 0 bridgehead atoms. The van der Waals surface area contributed by atoms with Crippen LogP contribution in [0.4, 0.5) is 5.69 Å². The van der Waals surface area contributed by atoms with Gasteiger partial charge in [0.15, 0.2) is 0 Å². The van der Waals surface area contributed by atoms with Gasteiger partial charge in [0.05, 0.1) is 16.0 Å². The monoisotopic (exact) mass is 422 g/mol. The molecular weight excluding hydrogens is 404 g/mol. The zero-order valence-electron chi connectivity index (χ0n) is 16.0. The Balaban J connectivity index is 1.63. The van der Waals surface area contributed by atoms with Gasteiger partial charge in [0.2, 0.25) is 0 Å². The van der Waals surface area contributed by atoms with Gasteiger partial charge in [0, 0.05) is 40.5 Å². The van der Waals surface area contributed by atoms with Crippen molar-refractivity contribution in [1.82, 2.24) is 9.40 Å². The fraction of sp³-hybridized carbons (Fsp3) is 0.0952. The standard InChI is InChI=1S/C21H18N4O4S/c1-2-24-20-9-4-3-8-18(20)19-12-15(10-11-21(19)24)14-22-23-30(28,29)17-7-5-6-16(13-17)25(26)27/h3-14,23H,2H2,1H3/b22-14-. The average molecular weight is 422 g/mol. The molecule has 0 atom stereocenters. The van der Waals surface area contributed by atoms with Gasteiger partial charge in [-0.25, -0.2) is 4.83 Å². The topological polar surface area (TPSA) is 107 Å². The lowest BCUT2D eigenvalue weighted by Crippen LogP contribution is -2.18. The van der Waals surface area contributed by atoms with Crippen molar-refractivity contribution in [2.45, 2.75) is 18.4 Å². The largest absolute Gasteiger partial charge is 0.341 e. The van der Waals surface area contributed by atoms with Crippen molar-refractivity contribution in [3.63, 3.8) is 0 Å². The molecule has 0 unspecified atom stereocenters. The van der Waals surface area contributed by atoms with E-state index >= 15 is 0 Å². The van der Waals surface area contributed by atoms with Crippen LogP contribution < -0.4 is 4.83 Å². The molecule has 4 rings (SSSR count). The van der Waals surface area contributed by atoms with E-state index in [9.17, 15) is 18.5 Å². The van der Waals surface area contributed by atoms with Crippen LogP contribution in [-0.2, 0) is 16.6 Å². The third-order valence-electron chi connectivity index (χ3n) is 4.84. The SMILES string of the molecule is CCn1c2ccccc2c2cc(/C=N\NS(=O)(=O)c3cccc([N+](=O)[O-])c3)ccc21. The van der Waals surface area contributed by atoms with Crippen LogP contribution in [0.3, 0.4) is 0 Å². The molecule has 0 radical (unpaired) electrons. The van der Waals surface area contributed by atoms with Gasteiger partial charge in [-0.15, -0.1) is 0 Å². The highest BCUT2D eigenvalue weighted by Crippen LogP contribution is 2.29. The number of nitrogens with zero attached hydrogens (tertiary/aromatic N) is 3. The number of hydrazone groups is 1. The van der Waals surface area contributed by atoms with E-state index in [0.717, 1.165) is 40.0 Å². The summed E-state index contributed by atoms with van der Waals surface area (Å²) in [5, 5.41) is 16.9. The fourth-order valence-electron chi connectivity index (χ4n) is 3.48. The van der Waals surface area contributed by atoms with E-state index in [0.29, 0.717) is 0 Å². The molecule has 9 heteroatoms. The second-order valence-corrected chi connectivity index (χ2v) is 8.31. The lowest BCUT2D eigenvalue weighted by atomic mass is 10.1. The van der Waals surface area contributed by atoms with E-state index < -0.39 is 14.9 Å². The van der Waals surface area contributed by atoms with Crippen LogP contribution in [0.2, 0.25) is 0 Å². The maximum atomic E-state index is 12.4. The third kappa shape index (κ3) is 3.50. The number of para-hydroxylation sites is 1. The molecule has 0 spiro atoms. The van der Waals surface area contributed by atoms with E-state index in [2.05, 4.69) is 33.6 Å². The van der Waals surface area contributed by atoms with E-state index in [-0.39, 0.29) is 10.6 Å². The molecule has 0 saturated carbocycles. The summed E-state index contributed by atoms with van der Waals surface area (Å²) in [5.74, 6) is 0. The minimum absolute atomic E-state index is 0.227. The summed E-state index contributed by atoms with van der Waals surface area (Å²) in [7, 11) is -4.02. The molecule has 152 valence electrons. The predicted molar refractivity (Wildman–Crippen MR) is 116 cm³/mol. The molecule has 0 fully saturated rings. The molecular formula is C21H18N4O4S. The molecule has 30 heavy (non-hydrogen) atoms. The van der Waals surface area contributed by atoms with Gasteiger partial charge in [0.1, 0.15) is 0 Å². The number of hydrogen-bond donors (Lipinski definition) is 1. The number of aromatic nitrogens is 1. The summed E-state index contributed by atoms with van der Waals surface area (Å²) >= 11 is 0. The van der Waals surface area contributed by atoms with Crippen LogP contribution >= 0.6 is 0 Å². The molecule has 4 aromatic rings. The first-order chi connectivity index (χ1) is 14.4. The molecule has 1 heterocycles.